The quantitative estimate of drug-likeness (QED) is 0.801. The summed E-state index contributed by atoms with van der Waals surface area (Å²) in [5, 5.41) is 1.07. The third-order valence-corrected chi connectivity index (χ3v) is 2.81. The number of nitrogens with zero attached hydrogens (tertiary/aromatic N) is 1. The number of halogens is 1. The Bertz CT molecular complexity index is 543. The fraction of sp³-hybridized carbons (Fsp3) is 0.0833. The van der Waals surface area contributed by atoms with Crippen molar-refractivity contribution in [3.8, 4) is 12.3 Å². The van der Waals surface area contributed by atoms with Crippen LogP contribution in [-0.4, -0.2) is 4.98 Å². The monoisotopic (exact) mass is 260 g/mol. The molecule has 0 aliphatic heterocycles. The molecule has 0 aliphatic rings. The van der Waals surface area contributed by atoms with Gasteiger partial charge in [0, 0.05) is 9.86 Å². The Hall–Kier alpha value is -1.37. The summed E-state index contributed by atoms with van der Waals surface area (Å²) in [6, 6.07) is 9.36. The number of terminal acetylenes is 1. The first-order valence-electron chi connectivity index (χ1n) is 4.49. The Morgan fingerprint density at radius 1 is 1.40 bits per heavy atom. The lowest BCUT2D eigenvalue weighted by molar-refractivity contribution is 0.893. The number of benzene rings is 1. The second kappa shape index (κ2) is 4.01. The third-order valence-electron chi connectivity index (χ3n) is 2.18. The van der Waals surface area contributed by atoms with E-state index >= 15 is 0 Å². The highest BCUT2D eigenvalue weighted by molar-refractivity contribution is 9.10. The van der Waals surface area contributed by atoms with Crippen molar-refractivity contribution in [2.24, 2.45) is 5.73 Å². The summed E-state index contributed by atoms with van der Waals surface area (Å²) >= 11 is 3.42. The van der Waals surface area contributed by atoms with Crippen LogP contribution in [0, 0.1) is 12.3 Å². The van der Waals surface area contributed by atoms with E-state index in [4.69, 9.17) is 12.2 Å². The molecule has 1 atom stereocenters. The maximum absolute atomic E-state index is 5.76. The van der Waals surface area contributed by atoms with Crippen LogP contribution in [-0.2, 0) is 0 Å². The fourth-order valence-electron chi connectivity index (χ4n) is 1.40. The highest BCUT2D eigenvalue weighted by atomic mass is 79.9. The van der Waals surface area contributed by atoms with Gasteiger partial charge in [-0.1, -0.05) is 24.1 Å². The van der Waals surface area contributed by atoms with Gasteiger partial charge in [0.15, 0.2) is 0 Å². The number of pyridine rings is 1. The van der Waals surface area contributed by atoms with E-state index in [1.807, 2.05) is 30.3 Å². The van der Waals surface area contributed by atoms with Gasteiger partial charge in [-0.25, -0.2) is 4.98 Å². The average Bonchev–Trinajstić information content (AvgIpc) is 2.27. The summed E-state index contributed by atoms with van der Waals surface area (Å²) in [5.41, 5.74) is 7.37. The van der Waals surface area contributed by atoms with Crippen LogP contribution in [0.15, 0.2) is 34.8 Å². The van der Waals surface area contributed by atoms with Crippen LogP contribution in [0.3, 0.4) is 0 Å². The molecular weight excluding hydrogens is 252 g/mol. The van der Waals surface area contributed by atoms with Crippen molar-refractivity contribution in [2.75, 3.05) is 0 Å². The molecular formula is C12H9BrN2. The highest BCUT2D eigenvalue weighted by Crippen LogP contribution is 2.24. The molecule has 2 N–H and O–H groups in total. The summed E-state index contributed by atoms with van der Waals surface area (Å²) in [5.74, 6) is 2.47. The number of hydrogen-bond acceptors (Lipinski definition) is 2. The Labute approximate surface area is 96.6 Å². The Morgan fingerprint density at radius 3 is 2.87 bits per heavy atom. The topological polar surface area (TPSA) is 38.9 Å². The minimum Gasteiger partial charge on any atom is -0.313 e. The maximum atomic E-state index is 5.76. The zero-order valence-electron chi connectivity index (χ0n) is 7.94. The minimum absolute atomic E-state index is 0.469. The summed E-state index contributed by atoms with van der Waals surface area (Å²) in [6.07, 6.45) is 5.28. The summed E-state index contributed by atoms with van der Waals surface area (Å²) in [7, 11) is 0. The van der Waals surface area contributed by atoms with Crippen molar-refractivity contribution in [3.05, 3.63) is 40.5 Å². The highest BCUT2D eigenvalue weighted by Gasteiger charge is 2.09. The standard InChI is InChI=1S/C12H9BrN2/c1-2-10(14)12-9(13)7-8-5-3-4-6-11(8)15-12/h1,3-7,10H,14H2. The van der Waals surface area contributed by atoms with Gasteiger partial charge in [-0.15, -0.1) is 6.42 Å². The van der Waals surface area contributed by atoms with Gasteiger partial charge in [-0.2, -0.15) is 0 Å². The lowest BCUT2D eigenvalue weighted by Crippen LogP contribution is -2.10. The van der Waals surface area contributed by atoms with Gasteiger partial charge in [0.2, 0.25) is 0 Å². The molecule has 0 spiro atoms. The first-order valence-corrected chi connectivity index (χ1v) is 5.28. The zero-order valence-corrected chi connectivity index (χ0v) is 9.53. The molecule has 74 valence electrons. The van der Waals surface area contributed by atoms with Crippen molar-refractivity contribution < 1.29 is 0 Å². The summed E-state index contributed by atoms with van der Waals surface area (Å²) in [6.45, 7) is 0. The number of hydrogen-bond donors (Lipinski definition) is 1. The predicted octanol–water partition coefficient (Wildman–Crippen LogP) is 2.63. The van der Waals surface area contributed by atoms with E-state index < -0.39 is 6.04 Å². The number of para-hydroxylation sites is 1. The van der Waals surface area contributed by atoms with Gasteiger partial charge < -0.3 is 5.73 Å². The lowest BCUT2D eigenvalue weighted by Gasteiger charge is -2.08. The molecule has 0 amide bonds. The van der Waals surface area contributed by atoms with Crippen molar-refractivity contribution in [1.29, 1.82) is 0 Å². The van der Waals surface area contributed by atoms with Crippen LogP contribution in [0.5, 0.6) is 0 Å². The molecule has 0 radical (unpaired) electrons. The molecule has 1 unspecified atom stereocenters. The maximum Gasteiger partial charge on any atom is 0.110 e. The molecule has 2 aromatic rings. The minimum atomic E-state index is -0.469. The van der Waals surface area contributed by atoms with E-state index in [0.717, 1.165) is 15.4 Å². The zero-order chi connectivity index (χ0) is 10.8. The van der Waals surface area contributed by atoms with Gasteiger partial charge in [-0.3, -0.25) is 0 Å². The SMILES string of the molecule is C#CC(N)c1nc2ccccc2cc1Br. The Morgan fingerprint density at radius 2 is 2.13 bits per heavy atom. The first kappa shape index (κ1) is 10.2. The molecule has 1 heterocycles. The Balaban J connectivity index is 2.68. The van der Waals surface area contributed by atoms with Crippen LogP contribution in [0.4, 0.5) is 0 Å². The van der Waals surface area contributed by atoms with E-state index in [9.17, 15) is 0 Å². The molecule has 0 saturated carbocycles. The van der Waals surface area contributed by atoms with Gasteiger partial charge >= 0.3 is 0 Å². The van der Waals surface area contributed by atoms with Gasteiger partial charge in [0.1, 0.15) is 6.04 Å². The molecule has 0 fully saturated rings. The van der Waals surface area contributed by atoms with Crippen molar-refractivity contribution in [3.63, 3.8) is 0 Å². The summed E-state index contributed by atoms with van der Waals surface area (Å²) in [4.78, 5) is 4.43. The van der Waals surface area contributed by atoms with Crippen molar-refractivity contribution in [1.82, 2.24) is 4.98 Å². The molecule has 2 nitrogen and oxygen atoms in total. The number of rotatable bonds is 1. The van der Waals surface area contributed by atoms with E-state index in [2.05, 4.69) is 26.8 Å². The van der Waals surface area contributed by atoms with Crippen LogP contribution in [0.25, 0.3) is 10.9 Å². The molecule has 1 aromatic heterocycles. The molecule has 0 bridgehead atoms. The average molecular weight is 261 g/mol. The largest absolute Gasteiger partial charge is 0.313 e. The number of aromatic nitrogens is 1. The van der Waals surface area contributed by atoms with Crippen LogP contribution < -0.4 is 5.73 Å². The normalized spacial score (nSPS) is 12.3. The van der Waals surface area contributed by atoms with Crippen molar-refractivity contribution in [2.45, 2.75) is 6.04 Å². The van der Waals surface area contributed by atoms with Crippen LogP contribution in [0.2, 0.25) is 0 Å². The molecule has 15 heavy (non-hydrogen) atoms. The van der Waals surface area contributed by atoms with Crippen molar-refractivity contribution >= 4 is 26.8 Å². The second-order valence-electron chi connectivity index (χ2n) is 3.19. The van der Waals surface area contributed by atoms with Crippen LogP contribution in [0.1, 0.15) is 11.7 Å². The van der Waals surface area contributed by atoms with Gasteiger partial charge in [-0.05, 0) is 28.1 Å². The Kier molecular flexibility index (Phi) is 2.72. The summed E-state index contributed by atoms with van der Waals surface area (Å²) < 4.78 is 0.853. The predicted molar refractivity (Wildman–Crippen MR) is 65.2 cm³/mol. The molecule has 3 heteroatoms. The fourth-order valence-corrected chi connectivity index (χ4v) is 1.98. The first-order chi connectivity index (χ1) is 7.22. The van der Waals surface area contributed by atoms with E-state index in [-0.39, 0.29) is 0 Å². The van der Waals surface area contributed by atoms with E-state index in [1.165, 1.54) is 0 Å². The molecule has 1 aromatic carbocycles. The lowest BCUT2D eigenvalue weighted by atomic mass is 10.1. The molecule has 0 saturated heterocycles. The second-order valence-corrected chi connectivity index (χ2v) is 4.05. The molecule has 0 aliphatic carbocycles. The van der Waals surface area contributed by atoms with Crippen LogP contribution >= 0.6 is 15.9 Å². The number of nitrogens with two attached hydrogens (primary N) is 1. The van der Waals surface area contributed by atoms with E-state index in [1.54, 1.807) is 0 Å². The third kappa shape index (κ3) is 1.87. The smallest absolute Gasteiger partial charge is 0.110 e. The molecule has 2 rings (SSSR count). The van der Waals surface area contributed by atoms with Gasteiger partial charge in [0.05, 0.1) is 11.2 Å². The number of fused-ring (bicyclic) bond motifs is 1. The van der Waals surface area contributed by atoms with Gasteiger partial charge in [0.25, 0.3) is 0 Å². The van der Waals surface area contributed by atoms with E-state index in [0.29, 0.717) is 5.69 Å².